The molecule has 0 radical (unpaired) electrons. The number of benzene rings is 2. The van der Waals surface area contributed by atoms with Crippen molar-refractivity contribution >= 4 is 29.3 Å². The summed E-state index contributed by atoms with van der Waals surface area (Å²) in [6.45, 7) is 3.13. The van der Waals surface area contributed by atoms with E-state index >= 15 is 0 Å². The van der Waals surface area contributed by atoms with Gasteiger partial charge in [-0.2, -0.15) is 5.26 Å². The second-order valence-electron chi connectivity index (χ2n) is 5.26. The summed E-state index contributed by atoms with van der Waals surface area (Å²) in [6, 6.07) is 8.62. The molecule has 7 heteroatoms. The number of hydrogen-bond donors (Lipinski definition) is 1. The van der Waals surface area contributed by atoms with Crippen molar-refractivity contribution in [2.75, 3.05) is 11.9 Å². The first-order chi connectivity index (χ1) is 11.9. The smallest absolute Gasteiger partial charge is 0.338 e. The lowest BCUT2D eigenvalue weighted by atomic mass is 10.1. The van der Waals surface area contributed by atoms with Crippen molar-refractivity contribution in [3.63, 3.8) is 0 Å². The second-order valence-corrected chi connectivity index (χ2v) is 6.12. The van der Waals surface area contributed by atoms with E-state index in [2.05, 4.69) is 5.32 Å². The van der Waals surface area contributed by atoms with Crippen molar-refractivity contribution in [1.29, 1.82) is 5.26 Å². The molecule has 2 aromatic carbocycles. The molecule has 0 atom stereocenters. The summed E-state index contributed by atoms with van der Waals surface area (Å²) in [5.41, 5.74) is 2.23. The van der Waals surface area contributed by atoms with E-state index in [0.717, 1.165) is 33.9 Å². The van der Waals surface area contributed by atoms with Crippen LogP contribution in [0.15, 0.2) is 41.3 Å². The number of rotatable bonds is 5. The van der Waals surface area contributed by atoms with E-state index in [9.17, 15) is 14.0 Å². The van der Waals surface area contributed by atoms with Gasteiger partial charge in [-0.15, -0.1) is 0 Å². The molecule has 128 valence electrons. The third-order valence-corrected chi connectivity index (χ3v) is 3.89. The summed E-state index contributed by atoms with van der Waals surface area (Å²) in [5, 5.41) is 13.4. The third kappa shape index (κ3) is 5.06. The van der Waals surface area contributed by atoms with Crippen molar-refractivity contribution in [1.82, 2.24) is 0 Å². The van der Waals surface area contributed by atoms with Crippen molar-refractivity contribution in [3.05, 3.63) is 58.9 Å². The topological polar surface area (TPSA) is 79.2 Å². The molecule has 0 aliphatic carbocycles. The number of ether oxygens (including phenoxy) is 1. The molecule has 1 N–H and O–H groups in total. The highest BCUT2D eigenvalue weighted by Crippen LogP contribution is 2.27. The Morgan fingerprint density at radius 3 is 2.52 bits per heavy atom. The number of aryl methyl sites for hydroxylation is 2. The predicted octanol–water partition coefficient (Wildman–Crippen LogP) is 3.81. The standard InChI is InChI=1S/C18H15FN2O3S/c1-11-6-15(25-10-20)7-12(2)17(11)21-16(22)9-24-18(23)13-4-3-5-14(19)8-13/h3-8H,9H2,1-2H3,(H,21,22). The number of nitrogens with zero attached hydrogens (tertiary/aromatic N) is 1. The van der Waals surface area contributed by atoms with Gasteiger partial charge in [-0.05, 0) is 67.1 Å². The van der Waals surface area contributed by atoms with E-state index in [0.29, 0.717) is 5.69 Å². The minimum Gasteiger partial charge on any atom is -0.452 e. The Labute approximate surface area is 148 Å². The van der Waals surface area contributed by atoms with E-state index in [1.165, 1.54) is 18.2 Å². The van der Waals surface area contributed by atoms with Crippen LogP contribution in [0.2, 0.25) is 0 Å². The number of nitriles is 1. The number of esters is 1. The van der Waals surface area contributed by atoms with Crippen molar-refractivity contribution in [2.45, 2.75) is 18.7 Å². The molecule has 0 fully saturated rings. The van der Waals surface area contributed by atoms with E-state index < -0.39 is 24.3 Å². The van der Waals surface area contributed by atoms with Crippen LogP contribution in [0.25, 0.3) is 0 Å². The fourth-order valence-corrected chi connectivity index (χ4v) is 2.81. The maximum Gasteiger partial charge on any atom is 0.338 e. The van der Waals surface area contributed by atoms with Crippen LogP contribution in [0, 0.1) is 30.3 Å². The normalized spacial score (nSPS) is 10.0. The lowest BCUT2D eigenvalue weighted by molar-refractivity contribution is -0.119. The summed E-state index contributed by atoms with van der Waals surface area (Å²) in [4.78, 5) is 24.6. The van der Waals surface area contributed by atoms with E-state index in [1.807, 2.05) is 19.2 Å². The van der Waals surface area contributed by atoms with Crippen LogP contribution in [0.5, 0.6) is 0 Å². The van der Waals surface area contributed by atoms with Gasteiger partial charge >= 0.3 is 5.97 Å². The average Bonchev–Trinajstić information content (AvgIpc) is 2.56. The van der Waals surface area contributed by atoms with Crippen molar-refractivity contribution < 1.29 is 18.7 Å². The van der Waals surface area contributed by atoms with Gasteiger partial charge in [-0.25, -0.2) is 9.18 Å². The van der Waals surface area contributed by atoms with Crippen LogP contribution in [-0.4, -0.2) is 18.5 Å². The minimum atomic E-state index is -0.774. The van der Waals surface area contributed by atoms with Gasteiger partial charge in [0.2, 0.25) is 0 Å². The molecule has 0 spiro atoms. The highest BCUT2D eigenvalue weighted by atomic mass is 32.2. The minimum absolute atomic E-state index is 0.0399. The molecular formula is C18H15FN2O3S. The number of anilines is 1. The lowest BCUT2D eigenvalue weighted by Crippen LogP contribution is -2.22. The zero-order valence-electron chi connectivity index (χ0n) is 13.6. The van der Waals surface area contributed by atoms with Gasteiger partial charge < -0.3 is 10.1 Å². The van der Waals surface area contributed by atoms with Gasteiger partial charge in [0.1, 0.15) is 11.2 Å². The van der Waals surface area contributed by atoms with Gasteiger partial charge in [0.15, 0.2) is 6.61 Å². The number of carbonyl (C=O) groups excluding carboxylic acids is 2. The van der Waals surface area contributed by atoms with Crippen molar-refractivity contribution in [3.8, 4) is 5.40 Å². The number of nitrogens with one attached hydrogen (secondary N) is 1. The largest absolute Gasteiger partial charge is 0.452 e. The number of thiocyanates is 1. The molecular weight excluding hydrogens is 343 g/mol. The summed E-state index contributed by atoms with van der Waals surface area (Å²) in [5.74, 6) is -1.83. The van der Waals surface area contributed by atoms with E-state index in [1.54, 1.807) is 12.1 Å². The number of carbonyl (C=O) groups is 2. The number of halogens is 1. The first kappa shape index (κ1) is 18.5. The molecule has 0 heterocycles. The van der Waals surface area contributed by atoms with Crippen LogP contribution < -0.4 is 5.32 Å². The first-order valence-corrected chi connectivity index (χ1v) is 8.12. The number of amides is 1. The summed E-state index contributed by atoms with van der Waals surface area (Å²) in [7, 11) is 0. The quantitative estimate of drug-likeness (QED) is 0.499. The molecule has 0 bridgehead atoms. The van der Waals surface area contributed by atoms with Gasteiger partial charge in [-0.3, -0.25) is 4.79 Å². The summed E-state index contributed by atoms with van der Waals surface area (Å²) >= 11 is 1.04. The molecule has 0 saturated heterocycles. The Balaban J connectivity index is 1.99. The monoisotopic (exact) mass is 358 g/mol. The highest BCUT2D eigenvalue weighted by molar-refractivity contribution is 8.03. The molecule has 1 amide bonds. The van der Waals surface area contributed by atoms with Gasteiger partial charge in [0.05, 0.1) is 5.56 Å². The van der Waals surface area contributed by atoms with Gasteiger partial charge in [0, 0.05) is 10.6 Å². The van der Waals surface area contributed by atoms with Crippen LogP contribution in [-0.2, 0) is 9.53 Å². The van der Waals surface area contributed by atoms with Crippen LogP contribution in [0.3, 0.4) is 0 Å². The molecule has 0 aromatic heterocycles. The Hall–Kier alpha value is -2.85. The van der Waals surface area contributed by atoms with E-state index in [4.69, 9.17) is 10.00 Å². The molecule has 25 heavy (non-hydrogen) atoms. The summed E-state index contributed by atoms with van der Waals surface area (Å²) in [6.07, 6.45) is 0. The maximum absolute atomic E-state index is 13.1. The number of thioether (sulfide) groups is 1. The Morgan fingerprint density at radius 2 is 1.92 bits per heavy atom. The Morgan fingerprint density at radius 1 is 1.24 bits per heavy atom. The highest BCUT2D eigenvalue weighted by Gasteiger charge is 2.13. The molecule has 0 unspecified atom stereocenters. The molecule has 5 nitrogen and oxygen atoms in total. The predicted molar refractivity (Wildman–Crippen MR) is 92.7 cm³/mol. The second kappa shape index (κ2) is 8.31. The molecule has 0 saturated carbocycles. The Kier molecular flexibility index (Phi) is 6.14. The fraction of sp³-hybridized carbons (Fsp3) is 0.167. The van der Waals surface area contributed by atoms with Crippen LogP contribution >= 0.6 is 11.8 Å². The zero-order chi connectivity index (χ0) is 18.4. The fourth-order valence-electron chi connectivity index (χ4n) is 2.24. The average molecular weight is 358 g/mol. The van der Waals surface area contributed by atoms with E-state index in [-0.39, 0.29) is 5.56 Å². The lowest BCUT2D eigenvalue weighted by Gasteiger charge is -2.13. The first-order valence-electron chi connectivity index (χ1n) is 7.30. The van der Waals surface area contributed by atoms with Gasteiger partial charge in [-0.1, -0.05) is 6.07 Å². The maximum atomic E-state index is 13.1. The zero-order valence-corrected chi connectivity index (χ0v) is 14.4. The molecule has 2 aromatic rings. The SMILES string of the molecule is Cc1cc(SC#N)cc(C)c1NC(=O)COC(=O)c1cccc(F)c1. The molecule has 0 aliphatic rings. The van der Waals surface area contributed by atoms with Gasteiger partial charge in [0.25, 0.3) is 5.91 Å². The number of hydrogen-bond acceptors (Lipinski definition) is 5. The molecule has 2 rings (SSSR count). The van der Waals surface area contributed by atoms with Crippen molar-refractivity contribution in [2.24, 2.45) is 0 Å². The summed E-state index contributed by atoms with van der Waals surface area (Å²) < 4.78 is 18.0. The molecule has 0 aliphatic heterocycles. The Bertz CT molecular complexity index is 839. The third-order valence-electron chi connectivity index (χ3n) is 3.33. The van der Waals surface area contributed by atoms with Crippen LogP contribution in [0.4, 0.5) is 10.1 Å². The van der Waals surface area contributed by atoms with Crippen LogP contribution in [0.1, 0.15) is 21.5 Å².